The van der Waals surface area contributed by atoms with Gasteiger partial charge in [-0.05, 0) is 31.2 Å². The van der Waals surface area contributed by atoms with Crippen LogP contribution in [0, 0.1) is 12.7 Å². The third-order valence-corrected chi connectivity index (χ3v) is 4.44. The van der Waals surface area contributed by atoms with Gasteiger partial charge < -0.3 is 5.32 Å². The molecule has 0 amide bonds. The number of halogens is 1. The Morgan fingerprint density at radius 1 is 1.33 bits per heavy atom. The van der Waals surface area contributed by atoms with Crippen molar-refractivity contribution < 1.29 is 12.8 Å². The van der Waals surface area contributed by atoms with E-state index in [2.05, 4.69) is 5.32 Å². The highest BCUT2D eigenvalue weighted by molar-refractivity contribution is 7.89. The highest BCUT2D eigenvalue weighted by Crippen LogP contribution is 2.21. The SMILES string of the molecule is CCNCc1cc(S(=O)(=O)N(C)C)cc(C)c1F. The first-order valence-electron chi connectivity index (χ1n) is 5.73. The van der Waals surface area contributed by atoms with E-state index in [1.807, 2.05) is 6.92 Å². The Balaban J connectivity index is 3.28. The van der Waals surface area contributed by atoms with E-state index in [0.717, 1.165) is 4.31 Å². The van der Waals surface area contributed by atoms with Gasteiger partial charge in [-0.25, -0.2) is 17.1 Å². The maximum atomic E-state index is 13.8. The lowest BCUT2D eigenvalue weighted by atomic mass is 10.1. The summed E-state index contributed by atoms with van der Waals surface area (Å²) in [6.07, 6.45) is 0. The van der Waals surface area contributed by atoms with Crippen LogP contribution in [0.5, 0.6) is 0 Å². The number of benzene rings is 1. The van der Waals surface area contributed by atoms with Gasteiger partial charge in [-0.1, -0.05) is 6.92 Å². The molecule has 0 fully saturated rings. The standard InChI is InChI=1S/C12H19FN2O2S/c1-5-14-8-10-7-11(6-9(2)12(10)13)18(16,17)15(3)4/h6-7,14H,5,8H2,1-4H3. The molecule has 0 unspecified atom stereocenters. The molecule has 1 aromatic rings. The minimum atomic E-state index is -3.52. The number of hydrogen-bond donors (Lipinski definition) is 1. The van der Waals surface area contributed by atoms with Crippen LogP contribution >= 0.6 is 0 Å². The molecule has 0 heterocycles. The third-order valence-electron chi connectivity index (χ3n) is 2.65. The molecule has 18 heavy (non-hydrogen) atoms. The average molecular weight is 274 g/mol. The van der Waals surface area contributed by atoms with Crippen molar-refractivity contribution in [2.75, 3.05) is 20.6 Å². The second-order valence-electron chi connectivity index (χ2n) is 4.28. The Morgan fingerprint density at radius 3 is 2.44 bits per heavy atom. The molecule has 0 saturated heterocycles. The molecule has 6 heteroatoms. The summed E-state index contributed by atoms with van der Waals surface area (Å²) in [4.78, 5) is 0.124. The van der Waals surface area contributed by atoms with Crippen LogP contribution in [0.25, 0.3) is 0 Å². The minimum Gasteiger partial charge on any atom is -0.313 e. The molecule has 0 aliphatic carbocycles. The van der Waals surface area contributed by atoms with E-state index < -0.39 is 10.0 Å². The van der Waals surface area contributed by atoms with Crippen LogP contribution in [0.4, 0.5) is 4.39 Å². The largest absolute Gasteiger partial charge is 0.313 e. The van der Waals surface area contributed by atoms with Crippen LogP contribution in [-0.4, -0.2) is 33.4 Å². The van der Waals surface area contributed by atoms with Crippen LogP contribution in [-0.2, 0) is 16.6 Å². The Morgan fingerprint density at radius 2 is 1.94 bits per heavy atom. The van der Waals surface area contributed by atoms with Crippen molar-refractivity contribution in [1.29, 1.82) is 0 Å². The number of nitrogens with zero attached hydrogens (tertiary/aromatic N) is 1. The van der Waals surface area contributed by atoms with Crippen molar-refractivity contribution in [1.82, 2.24) is 9.62 Å². The number of rotatable bonds is 5. The van der Waals surface area contributed by atoms with Gasteiger partial charge in [0.15, 0.2) is 0 Å². The van der Waals surface area contributed by atoms with Crippen molar-refractivity contribution in [2.24, 2.45) is 0 Å². The monoisotopic (exact) mass is 274 g/mol. The van der Waals surface area contributed by atoms with Gasteiger partial charge in [0.05, 0.1) is 4.90 Å². The summed E-state index contributed by atoms with van der Waals surface area (Å²) in [6, 6.07) is 2.75. The lowest BCUT2D eigenvalue weighted by molar-refractivity contribution is 0.519. The first-order chi connectivity index (χ1) is 8.30. The highest BCUT2D eigenvalue weighted by Gasteiger charge is 2.20. The van der Waals surface area contributed by atoms with Gasteiger partial charge in [-0.2, -0.15) is 0 Å². The molecule has 0 aromatic heterocycles. The fourth-order valence-corrected chi connectivity index (χ4v) is 2.59. The van der Waals surface area contributed by atoms with Crippen molar-refractivity contribution in [2.45, 2.75) is 25.3 Å². The first-order valence-corrected chi connectivity index (χ1v) is 7.17. The van der Waals surface area contributed by atoms with Crippen molar-refractivity contribution in [3.8, 4) is 0 Å². The summed E-state index contributed by atoms with van der Waals surface area (Å²) >= 11 is 0. The summed E-state index contributed by atoms with van der Waals surface area (Å²) < 4.78 is 39.0. The van der Waals surface area contributed by atoms with Gasteiger partial charge in [-0.3, -0.25) is 0 Å². The Hall–Kier alpha value is -0.980. The lowest BCUT2D eigenvalue weighted by Gasteiger charge is -2.14. The van der Waals surface area contributed by atoms with E-state index in [9.17, 15) is 12.8 Å². The zero-order valence-corrected chi connectivity index (χ0v) is 11.9. The van der Waals surface area contributed by atoms with Crippen LogP contribution in [0.15, 0.2) is 17.0 Å². The fraction of sp³-hybridized carbons (Fsp3) is 0.500. The highest BCUT2D eigenvalue weighted by atomic mass is 32.2. The second-order valence-corrected chi connectivity index (χ2v) is 6.43. The number of hydrogen-bond acceptors (Lipinski definition) is 3. The van der Waals surface area contributed by atoms with Gasteiger partial charge in [0.25, 0.3) is 0 Å². The second kappa shape index (κ2) is 5.77. The summed E-state index contributed by atoms with van der Waals surface area (Å²) in [7, 11) is -0.612. The molecule has 0 spiro atoms. The molecular weight excluding hydrogens is 255 g/mol. The van der Waals surface area contributed by atoms with E-state index in [1.54, 1.807) is 6.92 Å². The Kier molecular flexibility index (Phi) is 4.84. The van der Waals surface area contributed by atoms with Gasteiger partial charge in [0.2, 0.25) is 10.0 Å². The number of aryl methyl sites for hydroxylation is 1. The molecule has 1 rings (SSSR count). The maximum Gasteiger partial charge on any atom is 0.242 e. The maximum absolute atomic E-state index is 13.8. The van der Waals surface area contributed by atoms with E-state index in [4.69, 9.17) is 0 Å². The molecule has 1 N–H and O–H groups in total. The van der Waals surface area contributed by atoms with Crippen LogP contribution in [0.3, 0.4) is 0 Å². The fourth-order valence-electron chi connectivity index (χ4n) is 1.55. The molecule has 0 saturated carbocycles. The summed E-state index contributed by atoms with van der Waals surface area (Å²) in [5.41, 5.74) is 0.711. The Labute approximate surface area is 108 Å². The van der Waals surface area contributed by atoms with Crippen molar-refractivity contribution in [3.05, 3.63) is 29.1 Å². The molecule has 0 atom stereocenters. The van der Waals surface area contributed by atoms with E-state index in [0.29, 0.717) is 24.2 Å². The van der Waals surface area contributed by atoms with Gasteiger partial charge in [0, 0.05) is 26.2 Å². The van der Waals surface area contributed by atoms with Crippen LogP contribution in [0.2, 0.25) is 0 Å². The van der Waals surface area contributed by atoms with Gasteiger partial charge in [0.1, 0.15) is 5.82 Å². The summed E-state index contributed by atoms with van der Waals surface area (Å²) in [5, 5.41) is 2.99. The average Bonchev–Trinajstić information content (AvgIpc) is 2.30. The normalized spacial score (nSPS) is 12.1. The number of nitrogens with one attached hydrogen (secondary N) is 1. The van der Waals surface area contributed by atoms with Gasteiger partial charge >= 0.3 is 0 Å². The van der Waals surface area contributed by atoms with Gasteiger partial charge in [-0.15, -0.1) is 0 Å². The predicted octanol–water partition coefficient (Wildman–Crippen LogP) is 1.49. The van der Waals surface area contributed by atoms with Crippen molar-refractivity contribution >= 4 is 10.0 Å². The van der Waals surface area contributed by atoms with E-state index in [-0.39, 0.29) is 10.7 Å². The molecule has 102 valence electrons. The molecule has 0 radical (unpaired) electrons. The summed E-state index contributed by atoms with van der Waals surface area (Å²) in [5.74, 6) is -0.353. The predicted molar refractivity (Wildman–Crippen MR) is 69.4 cm³/mol. The third kappa shape index (κ3) is 3.07. The van der Waals surface area contributed by atoms with E-state index in [1.165, 1.54) is 26.2 Å². The summed E-state index contributed by atoms with van der Waals surface area (Å²) in [6.45, 7) is 4.49. The smallest absolute Gasteiger partial charge is 0.242 e. The molecule has 1 aromatic carbocycles. The lowest BCUT2D eigenvalue weighted by Crippen LogP contribution is -2.23. The zero-order chi connectivity index (χ0) is 13.9. The first kappa shape index (κ1) is 15.1. The molecule has 0 aliphatic heterocycles. The quantitative estimate of drug-likeness (QED) is 0.885. The molecule has 4 nitrogen and oxygen atoms in total. The minimum absolute atomic E-state index is 0.124. The van der Waals surface area contributed by atoms with Crippen LogP contribution < -0.4 is 5.32 Å². The Bertz CT molecular complexity index is 527. The number of sulfonamides is 1. The van der Waals surface area contributed by atoms with E-state index >= 15 is 0 Å². The topological polar surface area (TPSA) is 49.4 Å². The zero-order valence-electron chi connectivity index (χ0n) is 11.1. The molecular formula is C12H19FN2O2S. The van der Waals surface area contributed by atoms with Crippen molar-refractivity contribution in [3.63, 3.8) is 0 Å². The van der Waals surface area contributed by atoms with Crippen LogP contribution in [0.1, 0.15) is 18.1 Å². The molecule has 0 aliphatic rings. The molecule has 0 bridgehead atoms.